The van der Waals surface area contributed by atoms with Gasteiger partial charge < -0.3 is 19.9 Å². The number of rotatable bonds is 5. The third kappa shape index (κ3) is 3.85. The summed E-state index contributed by atoms with van der Waals surface area (Å²) in [5, 5.41) is 19.6. The van der Waals surface area contributed by atoms with Crippen molar-refractivity contribution in [3.63, 3.8) is 0 Å². The van der Waals surface area contributed by atoms with Crippen LogP contribution < -0.4 is 15.2 Å². The molecule has 0 saturated carbocycles. The summed E-state index contributed by atoms with van der Waals surface area (Å²) in [6.07, 6.45) is 0. The molecule has 2 rings (SSSR count). The van der Waals surface area contributed by atoms with Crippen molar-refractivity contribution in [2.24, 2.45) is 11.1 Å². The van der Waals surface area contributed by atoms with Gasteiger partial charge in [0.25, 0.3) is 0 Å². The minimum Gasteiger partial charge on any atom is -0.490 e. The van der Waals surface area contributed by atoms with Gasteiger partial charge in [-0.15, -0.1) is 0 Å². The van der Waals surface area contributed by atoms with Gasteiger partial charge in [-0.05, 0) is 19.9 Å². The molecule has 0 radical (unpaired) electrons. The Labute approximate surface area is 160 Å². The van der Waals surface area contributed by atoms with Gasteiger partial charge in [0.15, 0.2) is 11.5 Å². The van der Waals surface area contributed by atoms with Crippen molar-refractivity contribution in [3.05, 3.63) is 46.6 Å². The van der Waals surface area contributed by atoms with Crippen molar-refractivity contribution in [2.45, 2.75) is 40.5 Å². The van der Waals surface area contributed by atoms with Gasteiger partial charge in [-0.3, -0.25) is 0 Å². The molecule has 0 spiro atoms. The number of hydrogen-bond acceptors (Lipinski definition) is 6. The fraction of sp³-hybridized carbons (Fsp3) is 0.429. The quantitative estimate of drug-likeness (QED) is 0.840. The lowest BCUT2D eigenvalue weighted by atomic mass is 9.78. The third-order valence-electron chi connectivity index (χ3n) is 4.13. The Hall–Kier alpha value is -3.12. The molecule has 0 aromatic heterocycles. The van der Waals surface area contributed by atoms with Crippen LogP contribution in [-0.2, 0) is 4.74 Å². The normalized spacial score (nSPS) is 17.1. The lowest BCUT2D eigenvalue weighted by Crippen LogP contribution is -2.26. The summed E-state index contributed by atoms with van der Waals surface area (Å²) in [4.78, 5) is 0. The molecule has 1 heterocycles. The second kappa shape index (κ2) is 8.05. The van der Waals surface area contributed by atoms with Crippen LogP contribution in [0, 0.1) is 28.1 Å². The number of ether oxygens (including phenoxy) is 3. The van der Waals surface area contributed by atoms with Crippen LogP contribution in [0.3, 0.4) is 0 Å². The molecule has 6 heteroatoms. The lowest BCUT2D eigenvalue weighted by molar-refractivity contribution is 0.199. The number of hydrogen-bond donors (Lipinski definition) is 1. The van der Waals surface area contributed by atoms with Gasteiger partial charge in [-0.25, -0.2) is 0 Å². The Bertz CT molecular complexity index is 864. The molecule has 1 aliphatic heterocycles. The summed E-state index contributed by atoms with van der Waals surface area (Å²) in [5.74, 6) is 0.862. The van der Waals surface area contributed by atoms with Crippen LogP contribution in [0.5, 0.6) is 11.5 Å². The molecule has 1 aromatic carbocycles. The lowest BCUT2D eigenvalue weighted by Gasteiger charge is -2.32. The van der Waals surface area contributed by atoms with Crippen LogP contribution in [0.2, 0.25) is 0 Å². The molecular weight excluding hydrogens is 342 g/mol. The molecule has 1 aliphatic rings. The van der Waals surface area contributed by atoms with Gasteiger partial charge in [0.1, 0.15) is 17.4 Å². The maximum Gasteiger partial charge on any atom is 0.205 e. The second-order valence-electron chi connectivity index (χ2n) is 7.07. The molecule has 1 atom stereocenters. The van der Waals surface area contributed by atoms with Crippen molar-refractivity contribution < 1.29 is 14.2 Å². The van der Waals surface area contributed by atoms with Crippen LogP contribution in [0.15, 0.2) is 41.0 Å². The molecule has 0 unspecified atom stereocenters. The highest BCUT2D eigenvalue weighted by atomic mass is 16.5. The zero-order chi connectivity index (χ0) is 20.2. The summed E-state index contributed by atoms with van der Waals surface area (Å²) in [6, 6.07) is 9.78. The van der Waals surface area contributed by atoms with E-state index in [9.17, 15) is 10.5 Å². The number of benzene rings is 1. The van der Waals surface area contributed by atoms with Gasteiger partial charge >= 0.3 is 0 Å². The number of nitrogens with two attached hydrogens (primary N) is 1. The van der Waals surface area contributed by atoms with E-state index in [2.05, 4.69) is 12.1 Å². The predicted molar refractivity (Wildman–Crippen MR) is 102 cm³/mol. The molecule has 27 heavy (non-hydrogen) atoms. The van der Waals surface area contributed by atoms with E-state index >= 15 is 0 Å². The number of nitrogens with zero attached hydrogens (tertiary/aromatic N) is 2. The van der Waals surface area contributed by atoms with Crippen molar-refractivity contribution in [1.29, 1.82) is 10.5 Å². The first-order chi connectivity index (χ1) is 12.8. The highest BCUT2D eigenvalue weighted by molar-refractivity contribution is 5.60. The van der Waals surface area contributed by atoms with E-state index in [1.54, 1.807) is 6.07 Å². The minimum atomic E-state index is -0.676. The Morgan fingerprint density at radius 1 is 1.07 bits per heavy atom. The van der Waals surface area contributed by atoms with E-state index in [0.29, 0.717) is 41.6 Å². The standard InChI is InChI=1S/C21H25N3O3/c1-6-25-16-10-8-9-13(18(16)26-7-2)17-14(11-22)19(21(3,4)5)27-20(24)15(17)12-23/h8-10,17H,6-7,24H2,1-5H3/t17-/m1/s1. The Morgan fingerprint density at radius 3 is 2.22 bits per heavy atom. The monoisotopic (exact) mass is 367 g/mol. The molecule has 0 fully saturated rings. The second-order valence-corrected chi connectivity index (χ2v) is 7.07. The van der Waals surface area contributed by atoms with Crippen molar-refractivity contribution in [1.82, 2.24) is 0 Å². The van der Waals surface area contributed by atoms with Crippen LogP contribution in [0.25, 0.3) is 0 Å². The van der Waals surface area contributed by atoms with Gasteiger partial charge in [0.05, 0.1) is 30.8 Å². The molecule has 142 valence electrons. The van der Waals surface area contributed by atoms with Crippen LogP contribution in [0.4, 0.5) is 0 Å². The van der Waals surface area contributed by atoms with E-state index in [-0.39, 0.29) is 11.5 Å². The number of allylic oxidation sites excluding steroid dienone is 3. The maximum absolute atomic E-state index is 9.92. The molecule has 6 nitrogen and oxygen atoms in total. The van der Waals surface area contributed by atoms with E-state index in [1.807, 2.05) is 46.8 Å². The molecule has 0 amide bonds. The van der Waals surface area contributed by atoms with Gasteiger partial charge in [-0.1, -0.05) is 32.9 Å². The molecule has 0 saturated heterocycles. The zero-order valence-electron chi connectivity index (χ0n) is 16.4. The summed E-state index contributed by atoms with van der Waals surface area (Å²) < 4.78 is 17.2. The van der Waals surface area contributed by atoms with Crippen LogP contribution in [0.1, 0.15) is 46.1 Å². The molecule has 1 aromatic rings. The van der Waals surface area contributed by atoms with Crippen LogP contribution in [-0.4, -0.2) is 13.2 Å². The van der Waals surface area contributed by atoms with Crippen molar-refractivity contribution >= 4 is 0 Å². The molecule has 0 aliphatic carbocycles. The average molecular weight is 367 g/mol. The highest BCUT2D eigenvalue weighted by Gasteiger charge is 2.39. The van der Waals surface area contributed by atoms with Gasteiger partial charge in [-0.2, -0.15) is 10.5 Å². The fourth-order valence-corrected chi connectivity index (χ4v) is 3.07. The summed E-state index contributed by atoms with van der Waals surface area (Å²) in [7, 11) is 0. The SMILES string of the molecule is CCOc1cccc([C@H]2C(C#N)=C(N)OC(C(C)(C)C)=C2C#N)c1OCC. The summed E-state index contributed by atoms with van der Waals surface area (Å²) in [5.41, 5.74) is 6.80. The first-order valence-corrected chi connectivity index (χ1v) is 8.90. The minimum absolute atomic E-state index is 0.00989. The Balaban J connectivity index is 2.81. The number of nitriles is 2. The third-order valence-corrected chi connectivity index (χ3v) is 4.13. The van der Waals surface area contributed by atoms with E-state index in [1.165, 1.54) is 0 Å². The average Bonchev–Trinajstić information content (AvgIpc) is 2.62. The van der Waals surface area contributed by atoms with E-state index < -0.39 is 11.3 Å². The van der Waals surface area contributed by atoms with Crippen LogP contribution >= 0.6 is 0 Å². The largest absolute Gasteiger partial charge is 0.490 e. The van der Waals surface area contributed by atoms with Gasteiger partial charge in [0.2, 0.25) is 5.88 Å². The van der Waals surface area contributed by atoms with Crippen molar-refractivity contribution in [2.75, 3.05) is 13.2 Å². The molecule has 0 bridgehead atoms. The first-order valence-electron chi connectivity index (χ1n) is 8.90. The van der Waals surface area contributed by atoms with Crippen molar-refractivity contribution in [3.8, 4) is 23.6 Å². The topological polar surface area (TPSA) is 101 Å². The van der Waals surface area contributed by atoms with E-state index in [0.717, 1.165) is 0 Å². The predicted octanol–water partition coefficient (Wildman–Crippen LogP) is 4.12. The number of para-hydroxylation sites is 1. The maximum atomic E-state index is 9.92. The summed E-state index contributed by atoms with van der Waals surface area (Å²) >= 11 is 0. The molecular formula is C21H25N3O3. The zero-order valence-corrected chi connectivity index (χ0v) is 16.4. The Kier molecular flexibility index (Phi) is 6.02. The first kappa shape index (κ1) is 20.2. The fourth-order valence-electron chi connectivity index (χ4n) is 3.07. The highest BCUT2D eigenvalue weighted by Crippen LogP contribution is 2.48. The molecule has 2 N–H and O–H groups in total. The Morgan fingerprint density at radius 2 is 1.70 bits per heavy atom. The summed E-state index contributed by atoms with van der Waals surface area (Å²) in [6.45, 7) is 10.4. The van der Waals surface area contributed by atoms with E-state index in [4.69, 9.17) is 19.9 Å². The van der Waals surface area contributed by atoms with Gasteiger partial charge in [0, 0.05) is 11.0 Å². The smallest absolute Gasteiger partial charge is 0.205 e.